The van der Waals surface area contributed by atoms with Gasteiger partial charge in [0.25, 0.3) is 0 Å². The van der Waals surface area contributed by atoms with Crippen LogP contribution in [0.2, 0.25) is 0 Å². The van der Waals surface area contributed by atoms with Crippen LogP contribution in [0.25, 0.3) is 0 Å². The summed E-state index contributed by atoms with van der Waals surface area (Å²) in [5.74, 6) is -2.27. The SMILES string of the molecule is C=CCNCC(=O)c1c(F)cccc1F. The molecule has 0 heterocycles. The molecule has 0 saturated heterocycles. The van der Waals surface area contributed by atoms with Gasteiger partial charge >= 0.3 is 0 Å². The van der Waals surface area contributed by atoms with E-state index < -0.39 is 23.0 Å². The van der Waals surface area contributed by atoms with E-state index in [2.05, 4.69) is 11.9 Å². The van der Waals surface area contributed by atoms with E-state index in [0.29, 0.717) is 6.54 Å². The molecular formula is C11H11F2NO. The second-order valence-corrected chi connectivity index (χ2v) is 2.94. The van der Waals surface area contributed by atoms with Crippen molar-refractivity contribution in [3.63, 3.8) is 0 Å². The molecule has 0 aliphatic heterocycles. The summed E-state index contributed by atoms with van der Waals surface area (Å²) in [5, 5.41) is 2.69. The van der Waals surface area contributed by atoms with Gasteiger partial charge in [0, 0.05) is 6.54 Å². The van der Waals surface area contributed by atoms with Crippen LogP contribution in [-0.2, 0) is 0 Å². The minimum absolute atomic E-state index is 0.107. The van der Waals surface area contributed by atoms with Crippen LogP contribution < -0.4 is 5.32 Å². The van der Waals surface area contributed by atoms with E-state index in [1.807, 2.05) is 0 Å². The molecule has 0 aliphatic rings. The van der Waals surface area contributed by atoms with Crippen molar-refractivity contribution in [1.82, 2.24) is 5.32 Å². The highest BCUT2D eigenvalue weighted by Crippen LogP contribution is 2.12. The molecule has 4 heteroatoms. The van der Waals surface area contributed by atoms with Crippen molar-refractivity contribution in [2.24, 2.45) is 0 Å². The first kappa shape index (κ1) is 11.5. The number of ketones is 1. The zero-order chi connectivity index (χ0) is 11.3. The molecule has 1 N–H and O–H groups in total. The fourth-order valence-electron chi connectivity index (χ4n) is 1.14. The van der Waals surface area contributed by atoms with Gasteiger partial charge in [-0.2, -0.15) is 0 Å². The lowest BCUT2D eigenvalue weighted by molar-refractivity contribution is 0.0984. The van der Waals surface area contributed by atoms with E-state index in [-0.39, 0.29) is 6.54 Å². The smallest absolute Gasteiger partial charge is 0.182 e. The van der Waals surface area contributed by atoms with E-state index in [9.17, 15) is 13.6 Å². The van der Waals surface area contributed by atoms with Crippen molar-refractivity contribution >= 4 is 5.78 Å². The highest BCUT2D eigenvalue weighted by atomic mass is 19.1. The summed E-state index contributed by atoms with van der Waals surface area (Å²) in [5.41, 5.74) is -0.492. The molecular weight excluding hydrogens is 200 g/mol. The number of hydrogen-bond acceptors (Lipinski definition) is 2. The summed E-state index contributed by atoms with van der Waals surface area (Å²) in [6.07, 6.45) is 1.56. The Balaban J connectivity index is 2.77. The minimum atomic E-state index is -0.833. The van der Waals surface area contributed by atoms with Crippen molar-refractivity contribution in [2.45, 2.75) is 0 Å². The van der Waals surface area contributed by atoms with Crippen LogP contribution in [0.4, 0.5) is 8.78 Å². The number of carbonyl (C=O) groups excluding carboxylic acids is 1. The molecule has 0 aromatic heterocycles. The van der Waals surface area contributed by atoms with Gasteiger partial charge in [0.2, 0.25) is 0 Å². The maximum atomic E-state index is 13.1. The third-order valence-corrected chi connectivity index (χ3v) is 1.82. The van der Waals surface area contributed by atoms with E-state index in [0.717, 1.165) is 12.1 Å². The van der Waals surface area contributed by atoms with E-state index >= 15 is 0 Å². The van der Waals surface area contributed by atoms with Crippen molar-refractivity contribution in [2.75, 3.05) is 13.1 Å². The van der Waals surface area contributed by atoms with Crippen LogP contribution in [0.5, 0.6) is 0 Å². The fourth-order valence-corrected chi connectivity index (χ4v) is 1.14. The largest absolute Gasteiger partial charge is 0.306 e. The van der Waals surface area contributed by atoms with Gasteiger partial charge in [0.15, 0.2) is 5.78 Å². The van der Waals surface area contributed by atoms with Crippen LogP contribution in [0.1, 0.15) is 10.4 Å². The van der Waals surface area contributed by atoms with E-state index in [1.165, 1.54) is 6.07 Å². The Hall–Kier alpha value is -1.55. The molecule has 0 spiro atoms. The van der Waals surface area contributed by atoms with Gasteiger partial charge in [0.05, 0.1) is 12.1 Å². The van der Waals surface area contributed by atoms with Gasteiger partial charge in [-0.05, 0) is 12.1 Å². The zero-order valence-electron chi connectivity index (χ0n) is 8.09. The van der Waals surface area contributed by atoms with Crippen LogP contribution in [-0.4, -0.2) is 18.9 Å². The summed E-state index contributed by atoms with van der Waals surface area (Å²) in [4.78, 5) is 11.4. The number of carbonyl (C=O) groups is 1. The first-order valence-electron chi connectivity index (χ1n) is 4.45. The van der Waals surface area contributed by atoms with Gasteiger partial charge in [-0.3, -0.25) is 4.79 Å². The van der Waals surface area contributed by atoms with Crippen LogP contribution in [0.15, 0.2) is 30.9 Å². The highest BCUT2D eigenvalue weighted by Gasteiger charge is 2.15. The maximum absolute atomic E-state index is 13.1. The van der Waals surface area contributed by atoms with E-state index in [1.54, 1.807) is 6.08 Å². The topological polar surface area (TPSA) is 29.1 Å². The third-order valence-electron chi connectivity index (χ3n) is 1.82. The molecule has 0 bridgehead atoms. The average Bonchev–Trinajstić information content (AvgIpc) is 2.18. The summed E-state index contributed by atoms with van der Waals surface area (Å²) < 4.78 is 26.2. The van der Waals surface area contributed by atoms with Crippen molar-refractivity contribution in [3.05, 3.63) is 48.1 Å². The molecule has 15 heavy (non-hydrogen) atoms. The number of halogens is 2. The molecule has 1 aromatic rings. The molecule has 0 radical (unpaired) electrons. The Kier molecular flexibility index (Phi) is 4.12. The van der Waals surface area contributed by atoms with Gasteiger partial charge in [-0.15, -0.1) is 6.58 Å². The van der Waals surface area contributed by atoms with E-state index in [4.69, 9.17) is 0 Å². The van der Waals surface area contributed by atoms with Crippen molar-refractivity contribution in [1.29, 1.82) is 0 Å². The highest BCUT2D eigenvalue weighted by molar-refractivity contribution is 5.98. The molecule has 0 aliphatic carbocycles. The Morgan fingerprint density at radius 1 is 1.40 bits per heavy atom. The maximum Gasteiger partial charge on any atom is 0.182 e. The number of Topliss-reactive ketones (excluding diaryl/α,β-unsaturated/α-hetero) is 1. The monoisotopic (exact) mass is 211 g/mol. The summed E-state index contributed by atoms with van der Waals surface area (Å²) in [6, 6.07) is 3.34. The lowest BCUT2D eigenvalue weighted by atomic mass is 10.1. The molecule has 2 nitrogen and oxygen atoms in total. The predicted molar refractivity (Wildman–Crippen MR) is 53.8 cm³/mol. The molecule has 0 unspecified atom stereocenters. The fraction of sp³-hybridized carbons (Fsp3) is 0.182. The van der Waals surface area contributed by atoms with Gasteiger partial charge < -0.3 is 5.32 Å². The first-order valence-corrected chi connectivity index (χ1v) is 4.45. The Labute approximate surface area is 86.6 Å². The van der Waals surface area contributed by atoms with Gasteiger partial charge in [-0.25, -0.2) is 8.78 Å². The molecule has 0 atom stereocenters. The molecule has 0 fully saturated rings. The normalized spacial score (nSPS) is 10.0. The van der Waals surface area contributed by atoms with Crippen molar-refractivity contribution in [3.8, 4) is 0 Å². The van der Waals surface area contributed by atoms with Gasteiger partial charge in [0.1, 0.15) is 11.6 Å². The summed E-state index contributed by atoms with van der Waals surface area (Å²) in [7, 11) is 0. The van der Waals surface area contributed by atoms with Crippen LogP contribution in [0, 0.1) is 11.6 Å². The molecule has 0 saturated carbocycles. The third kappa shape index (κ3) is 2.95. The Morgan fingerprint density at radius 2 is 2.00 bits per heavy atom. The standard InChI is InChI=1S/C11H11F2NO/c1-2-6-14-7-10(15)11-8(12)4-3-5-9(11)13/h2-5,14H,1,6-7H2. The minimum Gasteiger partial charge on any atom is -0.306 e. The second kappa shape index (κ2) is 5.36. The molecule has 1 rings (SSSR count). The number of rotatable bonds is 5. The zero-order valence-corrected chi connectivity index (χ0v) is 8.09. The van der Waals surface area contributed by atoms with Gasteiger partial charge in [-0.1, -0.05) is 12.1 Å². The van der Waals surface area contributed by atoms with Crippen LogP contribution >= 0.6 is 0 Å². The quantitative estimate of drug-likeness (QED) is 0.458. The first-order chi connectivity index (χ1) is 7.16. The Bertz CT molecular complexity index is 357. The second-order valence-electron chi connectivity index (χ2n) is 2.94. The number of benzene rings is 1. The lowest BCUT2D eigenvalue weighted by Crippen LogP contribution is -2.24. The summed E-state index contributed by atoms with van der Waals surface area (Å²) in [6.45, 7) is 3.75. The predicted octanol–water partition coefficient (Wildman–Crippen LogP) is 1.92. The summed E-state index contributed by atoms with van der Waals surface area (Å²) >= 11 is 0. The lowest BCUT2D eigenvalue weighted by Gasteiger charge is -2.04. The number of nitrogens with one attached hydrogen (secondary N) is 1. The number of hydrogen-bond donors (Lipinski definition) is 1. The van der Waals surface area contributed by atoms with Crippen molar-refractivity contribution < 1.29 is 13.6 Å². The molecule has 80 valence electrons. The van der Waals surface area contributed by atoms with Crippen LogP contribution in [0.3, 0.4) is 0 Å². The molecule has 0 amide bonds. The average molecular weight is 211 g/mol. The Morgan fingerprint density at radius 3 is 2.53 bits per heavy atom. The molecule has 1 aromatic carbocycles.